The summed E-state index contributed by atoms with van der Waals surface area (Å²) in [6, 6.07) is 19.5. The van der Waals surface area contributed by atoms with E-state index < -0.39 is 0 Å². The molecule has 0 bridgehead atoms. The number of halogens is 1. The Bertz CT molecular complexity index is 1360. The molecule has 5 rings (SSSR count). The van der Waals surface area contributed by atoms with Crippen LogP contribution >= 0.6 is 11.6 Å². The van der Waals surface area contributed by atoms with Crippen LogP contribution in [0.25, 0.3) is 0 Å². The van der Waals surface area contributed by atoms with Crippen molar-refractivity contribution in [2.75, 3.05) is 30.5 Å². The van der Waals surface area contributed by atoms with Gasteiger partial charge in [-0.05, 0) is 97.8 Å². The minimum Gasteiger partial charge on any atom is -0.493 e. The lowest BCUT2D eigenvalue weighted by Crippen LogP contribution is -2.41. The lowest BCUT2D eigenvalue weighted by Gasteiger charge is -2.38. The standard InChI is InChI=1S/C33H37ClN2O4/c1-21(2)40-31-19-29-24(17-30(31)39-4)18-32(38)36(33(29)23-7-9-25(34)10-8-23)27-13-11-26(12-14-27)35(3)20-22-5-15-28(37)16-6-22/h7-14,17,19,21-22,33H,5-6,15-16,18,20H2,1-4H3. The molecule has 3 aromatic rings. The molecule has 3 aromatic carbocycles. The van der Waals surface area contributed by atoms with Gasteiger partial charge in [0.15, 0.2) is 11.5 Å². The molecule has 1 aliphatic carbocycles. The van der Waals surface area contributed by atoms with Crippen molar-refractivity contribution in [3.05, 3.63) is 82.4 Å². The van der Waals surface area contributed by atoms with Crippen LogP contribution in [-0.4, -0.2) is 38.5 Å². The van der Waals surface area contributed by atoms with E-state index in [1.165, 1.54) is 0 Å². The van der Waals surface area contributed by atoms with Crippen LogP contribution in [0.3, 0.4) is 0 Å². The third-order valence-electron chi connectivity index (χ3n) is 7.90. The van der Waals surface area contributed by atoms with E-state index in [1.54, 1.807) is 7.11 Å². The van der Waals surface area contributed by atoms with Gasteiger partial charge in [-0.15, -0.1) is 0 Å². The fraction of sp³-hybridized carbons (Fsp3) is 0.394. The number of Topliss-reactive ketones (excluding diaryl/α,β-unsaturated/α-hetero) is 1. The molecule has 1 saturated carbocycles. The van der Waals surface area contributed by atoms with Crippen molar-refractivity contribution in [3.63, 3.8) is 0 Å². The van der Waals surface area contributed by atoms with Gasteiger partial charge in [0.2, 0.25) is 5.91 Å². The van der Waals surface area contributed by atoms with E-state index in [1.807, 2.05) is 67.3 Å². The third kappa shape index (κ3) is 5.97. The van der Waals surface area contributed by atoms with E-state index in [0.717, 1.165) is 47.5 Å². The average Bonchev–Trinajstić information content (AvgIpc) is 2.94. The van der Waals surface area contributed by atoms with Crippen LogP contribution in [0, 0.1) is 5.92 Å². The van der Waals surface area contributed by atoms with Gasteiger partial charge in [-0.1, -0.05) is 23.7 Å². The number of ether oxygens (including phenoxy) is 2. The molecule has 1 fully saturated rings. The molecule has 1 unspecified atom stereocenters. The van der Waals surface area contributed by atoms with Crippen molar-refractivity contribution in [3.8, 4) is 11.5 Å². The molecule has 1 heterocycles. The summed E-state index contributed by atoms with van der Waals surface area (Å²) in [5, 5.41) is 0.644. The molecule has 0 N–H and O–H groups in total. The Kier molecular flexibility index (Phi) is 8.36. The highest BCUT2D eigenvalue weighted by atomic mass is 35.5. The van der Waals surface area contributed by atoms with Gasteiger partial charge in [-0.2, -0.15) is 0 Å². The molecule has 0 spiro atoms. The second-order valence-electron chi connectivity index (χ2n) is 11.1. The monoisotopic (exact) mass is 560 g/mol. The lowest BCUT2D eigenvalue weighted by molar-refractivity contribution is -0.121. The number of anilines is 2. The summed E-state index contributed by atoms with van der Waals surface area (Å²) >= 11 is 6.24. The van der Waals surface area contributed by atoms with Crippen LogP contribution in [0.15, 0.2) is 60.7 Å². The highest BCUT2D eigenvalue weighted by Gasteiger charge is 2.36. The summed E-state index contributed by atoms with van der Waals surface area (Å²) in [6.45, 7) is 4.88. The number of hydrogen-bond acceptors (Lipinski definition) is 5. The van der Waals surface area contributed by atoms with Gasteiger partial charge in [0.1, 0.15) is 5.78 Å². The molecule has 2 aliphatic rings. The maximum absolute atomic E-state index is 13.8. The Morgan fingerprint density at radius 2 is 1.65 bits per heavy atom. The smallest absolute Gasteiger partial charge is 0.232 e. The molecule has 1 aliphatic heterocycles. The van der Waals surface area contributed by atoms with Crippen LogP contribution in [-0.2, 0) is 16.0 Å². The SMILES string of the molecule is COc1cc2c(cc1OC(C)C)C(c1ccc(Cl)cc1)N(c1ccc(N(C)CC3CCC(=O)CC3)cc1)C(=O)C2. The first-order valence-corrected chi connectivity index (χ1v) is 14.4. The van der Waals surface area contributed by atoms with Crippen molar-refractivity contribution < 1.29 is 19.1 Å². The fourth-order valence-electron chi connectivity index (χ4n) is 5.87. The van der Waals surface area contributed by atoms with E-state index in [2.05, 4.69) is 24.1 Å². The largest absolute Gasteiger partial charge is 0.493 e. The lowest BCUT2D eigenvalue weighted by atomic mass is 9.86. The van der Waals surface area contributed by atoms with Gasteiger partial charge in [0.05, 0.1) is 25.7 Å². The number of ketones is 1. The number of nitrogens with zero attached hydrogens (tertiary/aromatic N) is 2. The highest BCUT2D eigenvalue weighted by molar-refractivity contribution is 6.30. The normalized spacial score (nSPS) is 17.6. The number of benzene rings is 3. The number of fused-ring (bicyclic) bond motifs is 1. The molecular formula is C33H37ClN2O4. The zero-order chi connectivity index (χ0) is 28.4. The van der Waals surface area contributed by atoms with E-state index in [-0.39, 0.29) is 24.5 Å². The van der Waals surface area contributed by atoms with Crippen molar-refractivity contribution in [2.24, 2.45) is 5.92 Å². The zero-order valence-electron chi connectivity index (χ0n) is 23.7. The van der Waals surface area contributed by atoms with Gasteiger partial charge in [-0.3, -0.25) is 9.59 Å². The minimum absolute atomic E-state index is 0.0139. The molecule has 7 heteroatoms. The van der Waals surface area contributed by atoms with E-state index >= 15 is 0 Å². The average molecular weight is 561 g/mol. The van der Waals surface area contributed by atoms with Crippen molar-refractivity contribution in [2.45, 2.75) is 58.1 Å². The van der Waals surface area contributed by atoms with E-state index in [4.69, 9.17) is 21.1 Å². The molecule has 210 valence electrons. The Labute approximate surface area is 241 Å². The first-order valence-electron chi connectivity index (χ1n) is 14.0. The van der Waals surface area contributed by atoms with Crippen LogP contribution in [0.1, 0.15) is 62.3 Å². The Morgan fingerprint density at radius 3 is 2.27 bits per heavy atom. The number of methoxy groups -OCH3 is 1. The van der Waals surface area contributed by atoms with Crippen molar-refractivity contribution in [1.82, 2.24) is 0 Å². The minimum atomic E-state index is -0.350. The van der Waals surface area contributed by atoms with Crippen LogP contribution in [0.4, 0.5) is 11.4 Å². The quantitative estimate of drug-likeness (QED) is 0.296. The maximum Gasteiger partial charge on any atom is 0.232 e. The second-order valence-corrected chi connectivity index (χ2v) is 11.6. The Balaban J connectivity index is 1.49. The molecule has 0 saturated heterocycles. The molecule has 0 aromatic heterocycles. The van der Waals surface area contributed by atoms with Crippen LogP contribution in [0.5, 0.6) is 11.5 Å². The summed E-state index contributed by atoms with van der Waals surface area (Å²) < 4.78 is 11.7. The number of hydrogen-bond donors (Lipinski definition) is 0. The molecule has 40 heavy (non-hydrogen) atoms. The fourth-order valence-corrected chi connectivity index (χ4v) is 6.00. The summed E-state index contributed by atoms with van der Waals surface area (Å²) in [4.78, 5) is 29.5. The molecule has 0 radical (unpaired) electrons. The van der Waals surface area contributed by atoms with Crippen LogP contribution < -0.4 is 19.3 Å². The second kappa shape index (κ2) is 11.9. The first kappa shape index (κ1) is 28.0. The highest BCUT2D eigenvalue weighted by Crippen LogP contribution is 2.44. The molecule has 1 atom stereocenters. The van der Waals surface area contributed by atoms with E-state index in [0.29, 0.717) is 41.1 Å². The number of carbonyl (C=O) groups is 2. The van der Waals surface area contributed by atoms with Gasteiger partial charge in [-0.25, -0.2) is 0 Å². The number of amides is 1. The van der Waals surface area contributed by atoms with E-state index in [9.17, 15) is 9.59 Å². The van der Waals surface area contributed by atoms with Crippen molar-refractivity contribution >= 4 is 34.7 Å². The first-order chi connectivity index (χ1) is 19.2. The Hall–Kier alpha value is -3.51. The predicted molar refractivity (Wildman–Crippen MR) is 160 cm³/mol. The van der Waals surface area contributed by atoms with Gasteiger partial charge < -0.3 is 19.3 Å². The molecule has 6 nitrogen and oxygen atoms in total. The molecular weight excluding hydrogens is 524 g/mol. The zero-order valence-corrected chi connectivity index (χ0v) is 24.4. The summed E-state index contributed by atoms with van der Waals surface area (Å²) in [6.07, 6.45) is 3.54. The van der Waals surface area contributed by atoms with Crippen LogP contribution in [0.2, 0.25) is 5.02 Å². The summed E-state index contributed by atoms with van der Waals surface area (Å²) in [7, 11) is 3.71. The topological polar surface area (TPSA) is 59.1 Å². The summed E-state index contributed by atoms with van der Waals surface area (Å²) in [5.41, 5.74) is 4.82. The maximum atomic E-state index is 13.8. The predicted octanol–water partition coefficient (Wildman–Crippen LogP) is 7.01. The number of rotatable bonds is 8. The third-order valence-corrected chi connectivity index (χ3v) is 8.15. The van der Waals surface area contributed by atoms with Crippen molar-refractivity contribution in [1.29, 1.82) is 0 Å². The molecule has 1 amide bonds. The van der Waals surface area contributed by atoms with Gasteiger partial charge in [0.25, 0.3) is 0 Å². The number of carbonyl (C=O) groups excluding carboxylic acids is 2. The van der Waals surface area contributed by atoms with Gasteiger partial charge >= 0.3 is 0 Å². The van der Waals surface area contributed by atoms with Gasteiger partial charge in [0, 0.05) is 42.8 Å². The Morgan fingerprint density at radius 1 is 0.975 bits per heavy atom. The summed E-state index contributed by atoms with van der Waals surface area (Å²) in [5.74, 6) is 2.20.